The summed E-state index contributed by atoms with van der Waals surface area (Å²) < 4.78 is 0. The predicted molar refractivity (Wildman–Crippen MR) is 568 cm³/mol. The maximum atomic E-state index is 2.79. The Bertz CT molecular complexity index is 6110. The molecule has 0 N–H and O–H groups in total. The van der Waals surface area contributed by atoms with Gasteiger partial charge in [-0.05, 0) is 200 Å². The van der Waals surface area contributed by atoms with Crippen molar-refractivity contribution in [3.8, 4) is 22.3 Å². The molecule has 0 amide bonds. The highest BCUT2D eigenvalue weighted by Gasteiger charge is 2.71. The maximum Gasteiger partial charge on any atom is 0.0783 e. The quantitative estimate of drug-likeness (QED) is 0.141. The number of nitrogens with zero attached hydrogens (tertiary/aromatic N) is 4. The van der Waals surface area contributed by atoms with E-state index in [-0.39, 0.29) is 0 Å². The fourth-order valence-electron chi connectivity index (χ4n) is 23.5. The Hall–Kier alpha value is -9.46. The summed E-state index contributed by atoms with van der Waals surface area (Å²) in [7, 11) is -15.4. The van der Waals surface area contributed by atoms with Gasteiger partial charge in [0.05, 0.1) is 76.0 Å². The summed E-state index contributed by atoms with van der Waals surface area (Å²) in [5, 5.41) is 16.8. The molecule has 8 aliphatic rings. The summed E-state index contributed by atoms with van der Waals surface area (Å²) in [6.07, 6.45) is 0. The summed E-state index contributed by atoms with van der Waals surface area (Å²) in [6.45, 7) is 66.9. The second-order valence-corrected chi connectivity index (χ2v) is 86.3. The minimum absolute atomic E-state index is 0.620. The van der Waals surface area contributed by atoms with Crippen molar-refractivity contribution in [1.29, 1.82) is 0 Å². The SMILES string of the molecule is CC(C)(C)C12c3cc4ccc3-c3c1cc(c1ccccc31)N(c1ccc([Si](C)(C)C)cc1)c1ccc(cc1)[Si](C)(C)C[Si](C)(C)c1ccc(cc1)N(c1ccc([Si](C)(C)C)cc1)c1ccc3c(c1)C2(C(C)(C)C)c1cc(c2ccccc2c1-3)N(c1ccc([Si](C)(C)C)cc1)c1ccc(cc1)[Si](C)(C)C[Si](C)(C)c1ccc(cc1)N4c1ccc([Si](C)(C)C)cc1. The Morgan fingerprint density at radius 3 is 0.669 bits per heavy atom. The van der Waals surface area contributed by atoms with Crippen molar-refractivity contribution in [3.05, 3.63) is 313 Å². The normalized spacial score (nSPS) is 18.4. The van der Waals surface area contributed by atoms with Crippen LogP contribution in [0.15, 0.2) is 291 Å². The lowest BCUT2D eigenvalue weighted by Crippen LogP contribution is -2.62. The van der Waals surface area contributed by atoms with Gasteiger partial charge in [0.1, 0.15) is 0 Å². The first-order valence-electron chi connectivity index (χ1n) is 45.7. The molecule has 0 aromatic heterocycles. The number of anilines is 12. The van der Waals surface area contributed by atoms with Gasteiger partial charge in [0.15, 0.2) is 0 Å². The van der Waals surface area contributed by atoms with Crippen molar-refractivity contribution in [2.45, 2.75) is 195 Å². The van der Waals surface area contributed by atoms with Gasteiger partial charge >= 0.3 is 0 Å². The Labute approximate surface area is 750 Å². The maximum absolute atomic E-state index is 2.79. The van der Waals surface area contributed by atoms with E-state index in [1.165, 1.54) is 130 Å². The number of benzene rings is 14. The molecule has 2 aliphatic carbocycles. The summed E-state index contributed by atoms with van der Waals surface area (Å²) in [5.74, 6) is 0. The third-order valence-electron chi connectivity index (χ3n) is 29.4. The van der Waals surface area contributed by atoms with E-state index >= 15 is 0 Å². The highest BCUT2D eigenvalue weighted by molar-refractivity contribution is 7.07. The van der Waals surface area contributed by atoms with Crippen molar-refractivity contribution < 1.29 is 0 Å². The third-order valence-corrected chi connectivity index (χ3v) is 59.4. The first kappa shape index (κ1) is 85.3. The zero-order valence-corrected chi connectivity index (χ0v) is 86.9. The number of hydrogen-bond donors (Lipinski definition) is 0. The van der Waals surface area contributed by atoms with Crippen LogP contribution in [0, 0.1) is 10.8 Å². The van der Waals surface area contributed by atoms with Crippen molar-refractivity contribution in [1.82, 2.24) is 0 Å². The highest BCUT2D eigenvalue weighted by atomic mass is 28.4. The molecule has 2 unspecified atom stereocenters. The summed E-state index contributed by atoms with van der Waals surface area (Å²) >= 11 is 0. The summed E-state index contributed by atoms with van der Waals surface area (Å²) in [5.41, 5.74) is 23.8. The van der Waals surface area contributed by atoms with E-state index in [1.807, 2.05) is 0 Å². The molecule has 16 bridgehead atoms. The van der Waals surface area contributed by atoms with Gasteiger partial charge in [0.25, 0.3) is 0 Å². The van der Waals surface area contributed by atoms with E-state index < -0.39 is 86.3 Å². The molecule has 14 aromatic carbocycles. The lowest BCUT2D eigenvalue weighted by Gasteiger charge is -2.62. The molecule has 14 aromatic rings. The topological polar surface area (TPSA) is 13.0 Å². The molecule has 0 saturated heterocycles. The molecule has 0 fully saturated rings. The Morgan fingerprint density at radius 2 is 0.444 bits per heavy atom. The lowest BCUT2D eigenvalue weighted by molar-refractivity contribution is 0.0595. The number of hydrogen-bond acceptors (Lipinski definition) is 4. The van der Waals surface area contributed by atoms with Crippen LogP contribution >= 0.6 is 0 Å². The molecule has 2 atom stereocenters. The molecule has 0 saturated carbocycles. The van der Waals surface area contributed by atoms with E-state index in [9.17, 15) is 0 Å². The zero-order valence-electron chi connectivity index (χ0n) is 78.9. The molecule has 6 heterocycles. The van der Waals surface area contributed by atoms with Crippen LogP contribution in [0.3, 0.4) is 0 Å². The van der Waals surface area contributed by atoms with E-state index in [0.717, 1.165) is 56.9 Å². The minimum atomic E-state index is -2.11. The van der Waals surface area contributed by atoms with Crippen LogP contribution in [0.25, 0.3) is 43.8 Å². The average molecular weight is 1760 g/mol. The summed E-state index contributed by atoms with van der Waals surface area (Å²) in [4.78, 5) is 10.7. The number of rotatable bonds is 8. The van der Waals surface area contributed by atoms with Crippen LogP contribution in [0.4, 0.5) is 68.2 Å². The van der Waals surface area contributed by atoms with Crippen molar-refractivity contribution >= 4 is 196 Å². The molecular weight excluding hydrogens is 1630 g/mol. The largest absolute Gasteiger partial charge is 0.310 e. The van der Waals surface area contributed by atoms with Crippen LogP contribution < -0.4 is 61.1 Å². The minimum Gasteiger partial charge on any atom is -0.310 e. The fraction of sp³-hybridized carbons (Fsp3) is 0.286. The Morgan fingerprint density at radius 1 is 0.234 bits per heavy atom. The van der Waals surface area contributed by atoms with Gasteiger partial charge in [-0.2, -0.15) is 0 Å². The van der Waals surface area contributed by atoms with Gasteiger partial charge in [-0.15, -0.1) is 0 Å². The highest BCUT2D eigenvalue weighted by Crippen LogP contribution is 2.77. The van der Waals surface area contributed by atoms with Gasteiger partial charge in [0, 0.05) is 78.5 Å². The van der Waals surface area contributed by atoms with Gasteiger partial charge < -0.3 is 19.6 Å². The Kier molecular flexibility index (Phi) is 20.3. The second-order valence-electron chi connectivity index (χ2n) is 45.8. The van der Waals surface area contributed by atoms with Crippen molar-refractivity contribution in [2.75, 3.05) is 19.6 Å². The van der Waals surface area contributed by atoms with Gasteiger partial charge in [-0.1, -0.05) is 383 Å². The Balaban J connectivity index is 1.08. The standard InChI is InChI=1S/C112H130N4Si8/c1-109(2,3)111-101-71-85-51-69-99(101)107-97-33-29-27-31-95(97)105(73-103(107)111)115(81-39-57-89(58-40-81)119(13,14)15)83-47-65-93(66-48-83)123(23,24)76-122(21,22)92-63-45-80(46-64-92)114(78-37-55-88(56-38-78)118(10,11)12)86-52-70-100-102(72-86)112(111,110(4,5)6)104-74-106(96-32-28-30-34-98(96)108(100)104)116(82-41-59-90(60-42-82)120(16,17)18)84-49-67-94(68-50-84)124(25,26)75-121(19,20)91-61-43-79(44-62-91)113(85)77-35-53-87(54-36-77)117(7,8)9/h27-74H,75-76H2,1-26H3. The molecule has 12 heteroatoms. The van der Waals surface area contributed by atoms with Crippen molar-refractivity contribution in [2.24, 2.45) is 10.8 Å². The predicted octanol–water partition coefficient (Wildman–Crippen LogP) is 28.1. The molecule has 6 aliphatic heterocycles. The fourth-order valence-corrected chi connectivity index (χ4v) is 53.4. The smallest absolute Gasteiger partial charge is 0.0783 e. The van der Waals surface area contributed by atoms with Gasteiger partial charge in [0.2, 0.25) is 0 Å². The third kappa shape index (κ3) is 13.9. The van der Waals surface area contributed by atoms with Gasteiger partial charge in [-0.25, -0.2) is 0 Å². The van der Waals surface area contributed by atoms with Crippen LogP contribution in [0.2, 0.25) is 142 Å². The van der Waals surface area contributed by atoms with E-state index in [0.29, 0.717) is 0 Å². The molecular formula is C112H130N4Si8. The molecule has 0 spiro atoms. The lowest BCUT2D eigenvalue weighted by atomic mass is 9.39. The van der Waals surface area contributed by atoms with Crippen LogP contribution in [-0.4, -0.2) is 64.6 Å². The van der Waals surface area contributed by atoms with E-state index in [1.54, 1.807) is 0 Å². The second kappa shape index (κ2) is 29.6. The number of fused-ring (bicyclic) bond motifs is 10. The van der Waals surface area contributed by atoms with E-state index in [4.69, 9.17) is 0 Å². The molecule has 0 radical (unpaired) electrons. The monoisotopic (exact) mass is 1750 g/mol. The van der Waals surface area contributed by atoms with Gasteiger partial charge in [-0.3, -0.25) is 0 Å². The molecule has 22 rings (SSSR count). The van der Waals surface area contributed by atoms with Crippen LogP contribution in [-0.2, 0) is 10.8 Å². The summed E-state index contributed by atoms with van der Waals surface area (Å²) in [6, 6.07) is 120. The molecule has 124 heavy (non-hydrogen) atoms. The average Bonchev–Trinajstić information content (AvgIpc) is 1.45. The molecule has 4 nitrogen and oxygen atoms in total. The van der Waals surface area contributed by atoms with Crippen molar-refractivity contribution in [3.63, 3.8) is 0 Å². The van der Waals surface area contributed by atoms with Crippen LogP contribution in [0.5, 0.6) is 0 Å². The first-order valence-corrected chi connectivity index (χ1v) is 72.5. The first-order chi connectivity index (χ1) is 58.2. The van der Waals surface area contributed by atoms with E-state index in [2.05, 4.69) is 483 Å². The van der Waals surface area contributed by atoms with Crippen LogP contribution in [0.1, 0.15) is 63.8 Å². The zero-order chi connectivity index (χ0) is 88.1. The molecule has 630 valence electrons.